The second-order valence-corrected chi connectivity index (χ2v) is 8.69. The number of nitrogens with zero attached hydrogens (tertiary/aromatic N) is 2. The Morgan fingerprint density at radius 1 is 1.24 bits per heavy atom. The van der Waals surface area contributed by atoms with Crippen LogP contribution in [-0.2, 0) is 11.2 Å². The first-order chi connectivity index (χ1) is 13.8. The Hall–Kier alpha value is -2.57. The molecule has 29 heavy (non-hydrogen) atoms. The first-order valence-corrected chi connectivity index (χ1v) is 10.3. The molecule has 1 N–H and O–H groups in total. The number of hydrogen-bond donors (Lipinski definition) is 1. The number of amides is 1. The molecule has 1 aromatic carbocycles. The quantitative estimate of drug-likeness (QED) is 0.720. The van der Waals surface area contributed by atoms with Crippen LogP contribution in [-0.4, -0.2) is 28.4 Å². The van der Waals surface area contributed by atoms with Crippen LogP contribution in [0.1, 0.15) is 69.8 Å². The Bertz CT molecular complexity index is 789. The molecule has 0 unspecified atom stereocenters. The molecule has 1 aliphatic rings. The van der Waals surface area contributed by atoms with E-state index in [1.807, 2.05) is 45.0 Å². The summed E-state index contributed by atoms with van der Waals surface area (Å²) in [6.07, 6.45) is 5.14. The molecule has 0 aliphatic heterocycles. The molecule has 0 bridgehead atoms. The Kier molecular flexibility index (Phi) is 6.77. The number of carbonyl (C=O) groups excluding carboxylic acids is 1. The first-order valence-electron chi connectivity index (χ1n) is 10.3. The van der Waals surface area contributed by atoms with Crippen LogP contribution in [0, 0.1) is 12.8 Å². The first kappa shape index (κ1) is 21.1. The fraction of sp³-hybridized carbons (Fsp3) is 0.591. The van der Waals surface area contributed by atoms with Gasteiger partial charge in [0.1, 0.15) is 17.4 Å². The van der Waals surface area contributed by atoms with Gasteiger partial charge in [-0.3, -0.25) is 0 Å². The van der Waals surface area contributed by atoms with Crippen molar-refractivity contribution in [3.8, 4) is 5.75 Å². The Morgan fingerprint density at radius 3 is 2.52 bits per heavy atom. The largest absolute Gasteiger partial charge is 0.493 e. The minimum absolute atomic E-state index is 0.356. The molecule has 2 aromatic rings. The van der Waals surface area contributed by atoms with Gasteiger partial charge >= 0.3 is 6.09 Å². The van der Waals surface area contributed by atoms with Gasteiger partial charge in [-0.05, 0) is 64.2 Å². The van der Waals surface area contributed by atoms with Gasteiger partial charge in [0.05, 0.1) is 6.61 Å². The molecule has 1 saturated carbocycles. The Morgan fingerprint density at radius 2 is 1.93 bits per heavy atom. The minimum Gasteiger partial charge on any atom is -0.493 e. The Labute approximate surface area is 172 Å². The lowest BCUT2D eigenvalue weighted by Crippen LogP contribution is -2.36. The number of nitrogens with one attached hydrogen (secondary N) is 1. The molecule has 1 aromatic heterocycles. The number of aryl methyl sites for hydroxylation is 1. The molecule has 7 heteroatoms. The molecular weight excluding hydrogens is 370 g/mol. The van der Waals surface area contributed by atoms with E-state index in [1.165, 1.54) is 25.7 Å². The topological polar surface area (TPSA) is 86.5 Å². The third-order valence-electron chi connectivity index (χ3n) is 4.86. The standard InChI is InChI=1S/C22H31N3O4/c1-15-23-20(29-25-15)19(24-21(26)28-22(2,3)4)13-16-9-11-18(12-10-16)27-14-17-7-5-6-8-17/h9-12,17,19H,5-8,13-14H2,1-4H3,(H,24,26)/t19-/m0/s1. The zero-order chi connectivity index (χ0) is 20.9. The van der Waals surface area contributed by atoms with Gasteiger partial charge in [-0.15, -0.1) is 0 Å². The fourth-order valence-electron chi connectivity index (χ4n) is 3.45. The lowest BCUT2D eigenvalue weighted by Gasteiger charge is -2.22. The van der Waals surface area contributed by atoms with Crippen LogP contribution in [0.4, 0.5) is 4.79 Å². The normalized spacial score (nSPS) is 15.9. The van der Waals surface area contributed by atoms with E-state index in [1.54, 1.807) is 6.92 Å². The van der Waals surface area contributed by atoms with Gasteiger partial charge in [0.2, 0.25) is 5.89 Å². The maximum absolute atomic E-state index is 12.3. The van der Waals surface area contributed by atoms with Gasteiger partial charge in [0.25, 0.3) is 0 Å². The highest BCUT2D eigenvalue weighted by atomic mass is 16.6. The van der Waals surface area contributed by atoms with Crippen molar-refractivity contribution in [2.24, 2.45) is 5.92 Å². The summed E-state index contributed by atoms with van der Waals surface area (Å²) < 4.78 is 16.6. The van der Waals surface area contributed by atoms with Crippen molar-refractivity contribution in [1.82, 2.24) is 15.5 Å². The Balaban J connectivity index is 1.62. The zero-order valence-electron chi connectivity index (χ0n) is 17.7. The van der Waals surface area contributed by atoms with Crippen molar-refractivity contribution in [3.05, 3.63) is 41.5 Å². The van der Waals surface area contributed by atoms with E-state index >= 15 is 0 Å². The molecular formula is C22H31N3O4. The monoisotopic (exact) mass is 401 g/mol. The summed E-state index contributed by atoms with van der Waals surface area (Å²) in [5.41, 5.74) is 0.438. The second-order valence-electron chi connectivity index (χ2n) is 8.69. The molecule has 1 atom stereocenters. The van der Waals surface area contributed by atoms with Crippen molar-refractivity contribution >= 4 is 6.09 Å². The molecule has 0 spiro atoms. The van der Waals surface area contributed by atoms with E-state index in [9.17, 15) is 4.79 Å². The summed E-state index contributed by atoms with van der Waals surface area (Å²) >= 11 is 0. The molecule has 1 amide bonds. The van der Waals surface area contributed by atoms with Crippen molar-refractivity contribution in [1.29, 1.82) is 0 Å². The molecule has 1 fully saturated rings. The van der Waals surface area contributed by atoms with Crippen molar-refractivity contribution in [3.63, 3.8) is 0 Å². The smallest absolute Gasteiger partial charge is 0.408 e. The summed E-state index contributed by atoms with van der Waals surface area (Å²) in [4.78, 5) is 16.5. The molecule has 1 heterocycles. The summed E-state index contributed by atoms with van der Waals surface area (Å²) in [5.74, 6) is 2.42. The predicted molar refractivity (Wildman–Crippen MR) is 109 cm³/mol. The zero-order valence-corrected chi connectivity index (χ0v) is 17.7. The van der Waals surface area contributed by atoms with E-state index in [-0.39, 0.29) is 0 Å². The number of ether oxygens (including phenoxy) is 2. The van der Waals surface area contributed by atoms with Crippen LogP contribution in [0.2, 0.25) is 0 Å². The van der Waals surface area contributed by atoms with Gasteiger partial charge in [-0.2, -0.15) is 4.98 Å². The highest BCUT2D eigenvalue weighted by molar-refractivity contribution is 5.68. The highest BCUT2D eigenvalue weighted by Crippen LogP contribution is 2.26. The maximum Gasteiger partial charge on any atom is 0.408 e. The van der Waals surface area contributed by atoms with E-state index in [4.69, 9.17) is 14.0 Å². The number of aromatic nitrogens is 2. The van der Waals surface area contributed by atoms with Crippen LogP contribution < -0.4 is 10.1 Å². The minimum atomic E-state index is -0.586. The fourth-order valence-corrected chi connectivity index (χ4v) is 3.45. The lowest BCUT2D eigenvalue weighted by molar-refractivity contribution is 0.0493. The predicted octanol–water partition coefficient (Wildman–Crippen LogP) is 4.76. The number of rotatable bonds is 7. The van der Waals surface area contributed by atoms with Crippen LogP contribution in [0.25, 0.3) is 0 Å². The summed E-state index contributed by atoms with van der Waals surface area (Å²) in [5, 5.41) is 6.68. The van der Waals surface area contributed by atoms with E-state index in [0.717, 1.165) is 17.9 Å². The maximum atomic E-state index is 12.3. The van der Waals surface area contributed by atoms with Crippen LogP contribution in [0.3, 0.4) is 0 Å². The molecule has 3 rings (SSSR count). The highest BCUT2D eigenvalue weighted by Gasteiger charge is 2.24. The average molecular weight is 402 g/mol. The van der Waals surface area contributed by atoms with Gasteiger partial charge < -0.3 is 19.3 Å². The van der Waals surface area contributed by atoms with Crippen LogP contribution >= 0.6 is 0 Å². The van der Waals surface area contributed by atoms with Crippen molar-refractivity contribution < 1.29 is 18.8 Å². The lowest BCUT2D eigenvalue weighted by atomic mass is 10.1. The van der Waals surface area contributed by atoms with E-state index < -0.39 is 17.7 Å². The van der Waals surface area contributed by atoms with Crippen molar-refractivity contribution in [2.45, 2.75) is 71.4 Å². The SMILES string of the molecule is Cc1noc([C@H](Cc2ccc(OCC3CCCC3)cc2)NC(=O)OC(C)(C)C)n1. The van der Waals surface area contributed by atoms with Crippen LogP contribution in [0.5, 0.6) is 5.75 Å². The van der Waals surface area contributed by atoms with Gasteiger partial charge in [-0.25, -0.2) is 4.79 Å². The summed E-state index contributed by atoms with van der Waals surface area (Å²) in [7, 11) is 0. The number of carbonyl (C=O) groups is 1. The number of alkyl carbamates (subject to hydrolysis) is 1. The second kappa shape index (κ2) is 9.29. The summed E-state index contributed by atoms with van der Waals surface area (Å²) in [6, 6.07) is 7.45. The van der Waals surface area contributed by atoms with E-state index in [0.29, 0.717) is 24.1 Å². The van der Waals surface area contributed by atoms with Crippen LogP contribution in [0.15, 0.2) is 28.8 Å². The third-order valence-corrected chi connectivity index (χ3v) is 4.86. The van der Waals surface area contributed by atoms with Crippen molar-refractivity contribution in [2.75, 3.05) is 6.61 Å². The number of benzene rings is 1. The molecule has 1 aliphatic carbocycles. The van der Waals surface area contributed by atoms with Gasteiger partial charge in [-0.1, -0.05) is 30.1 Å². The van der Waals surface area contributed by atoms with Gasteiger partial charge in [0, 0.05) is 6.42 Å². The number of hydrogen-bond acceptors (Lipinski definition) is 6. The summed E-state index contributed by atoms with van der Waals surface area (Å²) in [6.45, 7) is 7.99. The van der Waals surface area contributed by atoms with E-state index in [2.05, 4.69) is 15.5 Å². The average Bonchev–Trinajstić information content (AvgIpc) is 3.30. The van der Waals surface area contributed by atoms with Gasteiger partial charge in [0.15, 0.2) is 5.82 Å². The molecule has 7 nitrogen and oxygen atoms in total. The third kappa shape index (κ3) is 6.76. The molecule has 0 saturated heterocycles. The molecule has 0 radical (unpaired) electrons. The molecule has 158 valence electrons.